The zero-order valence-corrected chi connectivity index (χ0v) is 7.88. The minimum Gasteiger partial charge on any atom is -0.366 e. The van der Waals surface area contributed by atoms with Gasteiger partial charge in [-0.3, -0.25) is 4.79 Å². The molecule has 0 spiro atoms. The predicted octanol–water partition coefficient (Wildman–Crippen LogP) is 1.88. The van der Waals surface area contributed by atoms with E-state index in [0.29, 0.717) is 0 Å². The van der Waals surface area contributed by atoms with Crippen molar-refractivity contribution < 1.29 is 13.6 Å². The maximum Gasteiger partial charge on any atom is 0.264 e. The van der Waals surface area contributed by atoms with Crippen LogP contribution in [0.25, 0.3) is 0 Å². The number of carbonyl (C=O) groups excluding carboxylic acids is 1. The van der Waals surface area contributed by atoms with Gasteiger partial charge in [0.2, 0.25) is 0 Å². The van der Waals surface area contributed by atoms with Crippen molar-refractivity contribution in [2.45, 2.75) is 6.43 Å². The van der Waals surface area contributed by atoms with Crippen LogP contribution in [0.3, 0.4) is 0 Å². The maximum atomic E-state index is 12.3. The van der Waals surface area contributed by atoms with Crippen LogP contribution in [0.2, 0.25) is 0 Å². The number of pyridine rings is 1. The van der Waals surface area contributed by atoms with Gasteiger partial charge in [0.1, 0.15) is 4.60 Å². The summed E-state index contributed by atoms with van der Waals surface area (Å²) in [7, 11) is 0. The molecule has 1 aromatic rings. The van der Waals surface area contributed by atoms with E-state index in [1.165, 1.54) is 6.20 Å². The van der Waals surface area contributed by atoms with E-state index >= 15 is 0 Å². The number of rotatable bonds is 2. The third-order valence-corrected chi connectivity index (χ3v) is 2.02. The minimum absolute atomic E-state index is 0.0396. The quantitative estimate of drug-likeness (QED) is 0.816. The summed E-state index contributed by atoms with van der Waals surface area (Å²) in [5.41, 5.74) is 4.24. The lowest BCUT2D eigenvalue weighted by Crippen LogP contribution is -2.15. The zero-order chi connectivity index (χ0) is 10.0. The van der Waals surface area contributed by atoms with Crippen molar-refractivity contribution in [1.29, 1.82) is 0 Å². The smallest absolute Gasteiger partial charge is 0.264 e. The average Bonchev–Trinajstić information content (AvgIpc) is 2.02. The van der Waals surface area contributed by atoms with Gasteiger partial charge in [0, 0.05) is 11.8 Å². The topological polar surface area (TPSA) is 56.0 Å². The molecule has 0 aliphatic carbocycles. The Bertz CT molecular complexity index is 343. The van der Waals surface area contributed by atoms with Crippen molar-refractivity contribution in [3.05, 3.63) is 28.0 Å². The minimum atomic E-state index is -2.73. The highest BCUT2D eigenvalue weighted by atomic mass is 79.9. The van der Waals surface area contributed by atoms with E-state index < -0.39 is 17.9 Å². The summed E-state index contributed by atoms with van der Waals surface area (Å²) in [6, 6.07) is 1.06. The molecular formula is C7H5BrF2N2O. The number of hydrogen-bond acceptors (Lipinski definition) is 2. The van der Waals surface area contributed by atoms with Gasteiger partial charge < -0.3 is 5.73 Å². The van der Waals surface area contributed by atoms with E-state index in [1.54, 1.807) is 0 Å². The SMILES string of the molecule is NC(=O)c1c(C(F)F)ccnc1Br. The van der Waals surface area contributed by atoms with Crippen molar-refractivity contribution in [3.8, 4) is 0 Å². The van der Waals surface area contributed by atoms with E-state index in [2.05, 4.69) is 20.9 Å². The van der Waals surface area contributed by atoms with Crippen LogP contribution in [-0.4, -0.2) is 10.9 Å². The van der Waals surface area contributed by atoms with Gasteiger partial charge in [0.05, 0.1) is 5.56 Å². The number of hydrogen-bond donors (Lipinski definition) is 1. The molecule has 6 heteroatoms. The lowest BCUT2D eigenvalue weighted by Gasteiger charge is -2.05. The van der Waals surface area contributed by atoms with Gasteiger partial charge in [0.25, 0.3) is 12.3 Å². The second kappa shape index (κ2) is 3.78. The molecule has 0 aliphatic heterocycles. The van der Waals surface area contributed by atoms with Crippen LogP contribution in [0.15, 0.2) is 16.9 Å². The van der Waals surface area contributed by atoms with Crippen LogP contribution in [0.5, 0.6) is 0 Å². The van der Waals surface area contributed by atoms with Crippen LogP contribution in [-0.2, 0) is 0 Å². The molecule has 0 saturated carbocycles. The van der Waals surface area contributed by atoms with Crippen molar-refractivity contribution >= 4 is 21.8 Å². The van der Waals surface area contributed by atoms with Gasteiger partial charge in [-0.2, -0.15) is 0 Å². The fourth-order valence-electron chi connectivity index (χ4n) is 0.876. The Morgan fingerprint density at radius 1 is 1.62 bits per heavy atom. The maximum absolute atomic E-state index is 12.3. The summed E-state index contributed by atoms with van der Waals surface area (Å²) in [6.45, 7) is 0. The van der Waals surface area contributed by atoms with Crippen LogP contribution < -0.4 is 5.73 Å². The first-order valence-electron chi connectivity index (χ1n) is 3.26. The summed E-state index contributed by atoms with van der Waals surface area (Å²) in [6.07, 6.45) is -1.56. The zero-order valence-electron chi connectivity index (χ0n) is 6.30. The van der Waals surface area contributed by atoms with E-state index in [1.807, 2.05) is 0 Å². The van der Waals surface area contributed by atoms with Gasteiger partial charge >= 0.3 is 0 Å². The monoisotopic (exact) mass is 250 g/mol. The molecule has 0 aromatic carbocycles. The summed E-state index contributed by atoms with van der Waals surface area (Å²) in [5, 5.41) is 0. The molecule has 1 heterocycles. The Morgan fingerprint density at radius 3 is 2.62 bits per heavy atom. The molecule has 70 valence electrons. The molecule has 0 bridgehead atoms. The highest BCUT2D eigenvalue weighted by Crippen LogP contribution is 2.26. The van der Waals surface area contributed by atoms with E-state index in [0.717, 1.165) is 6.07 Å². The van der Waals surface area contributed by atoms with Crippen molar-refractivity contribution in [2.24, 2.45) is 5.73 Å². The normalized spacial score (nSPS) is 10.5. The van der Waals surface area contributed by atoms with Crippen LogP contribution >= 0.6 is 15.9 Å². The Kier molecular flexibility index (Phi) is 2.92. The second-order valence-electron chi connectivity index (χ2n) is 2.23. The van der Waals surface area contributed by atoms with Crippen LogP contribution in [0, 0.1) is 0 Å². The number of nitrogens with two attached hydrogens (primary N) is 1. The van der Waals surface area contributed by atoms with Gasteiger partial charge in [-0.1, -0.05) is 0 Å². The lowest BCUT2D eigenvalue weighted by atomic mass is 10.1. The third kappa shape index (κ3) is 2.00. The molecule has 1 rings (SSSR count). The van der Waals surface area contributed by atoms with Crippen LogP contribution in [0.4, 0.5) is 8.78 Å². The summed E-state index contributed by atoms with van der Waals surface area (Å²) in [5.74, 6) is -0.921. The molecule has 0 aliphatic rings. The fourth-order valence-corrected chi connectivity index (χ4v) is 1.42. The molecule has 0 atom stereocenters. The molecule has 0 saturated heterocycles. The second-order valence-corrected chi connectivity index (χ2v) is 2.98. The number of amides is 1. The summed E-state index contributed by atoms with van der Waals surface area (Å²) in [4.78, 5) is 14.4. The molecule has 1 aromatic heterocycles. The number of primary amides is 1. The third-order valence-electron chi connectivity index (χ3n) is 1.42. The van der Waals surface area contributed by atoms with E-state index in [-0.39, 0.29) is 10.2 Å². The van der Waals surface area contributed by atoms with Gasteiger partial charge in [-0.05, 0) is 22.0 Å². The molecular weight excluding hydrogens is 246 g/mol. The molecule has 0 radical (unpaired) electrons. The molecule has 0 unspecified atom stereocenters. The van der Waals surface area contributed by atoms with Crippen molar-refractivity contribution in [2.75, 3.05) is 0 Å². The predicted molar refractivity (Wildman–Crippen MR) is 45.4 cm³/mol. The largest absolute Gasteiger partial charge is 0.366 e. The molecule has 0 fully saturated rings. The van der Waals surface area contributed by atoms with Crippen LogP contribution in [0.1, 0.15) is 22.3 Å². The Labute approximate surface area is 81.1 Å². The Morgan fingerprint density at radius 2 is 2.23 bits per heavy atom. The average molecular weight is 251 g/mol. The highest BCUT2D eigenvalue weighted by Gasteiger charge is 2.19. The molecule has 2 N–H and O–H groups in total. The number of carbonyl (C=O) groups is 1. The van der Waals surface area contributed by atoms with Gasteiger partial charge in [-0.15, -0.1) is 0 Å². The standard InChI is InChI=1S/C7H5BrF2N2O/c8-5-4(7(11)13)3(6(9)10)1-2-12-5/h1-2,6H,(H2,11,13). The number of aromatic nitrogens is 1. The number of nitrogens with zero attached hydrogens (tertiary/aromatic N) is 1. The van der Waals surface area contributed by atoms with Crippen molar-refractivity contribution in [3.63, 3.8) is 0 Å². The fraction of sp³-hybridized carbons (Fsp3) is 0.143. The summed E-state index contributed by atoms with van der Waals surface area (Å²) >= 11 is 2.87. The first-order chi connectivity index (χ1) is 6.04. The number of halogens is 3. The summed E-state index contributed by atoms with van der Waals surface area (Å²) < 4.78 is 24.7. The first kappa shape index (κ1) is 10.0. The Balaban J connectivity index is 3.34. The molecule has 1 amide bonds. The van der Waals surface area contributed by atoms with E-state index in [9.17, 15) is 13.6 Å². The highest BCUT2D eigenvalue weighted by molar-refractivity contribution is 9.10. The molecule has 13 heavy (non-hydrogen) atoms. The Hall–Kier alpha value is -1.04. The van der Waals surface area contributed by atoms with Gasteiger partial charge in [0.15, 0.2) is 0 Å². The van der Waals surface area contributed by atoms with Crippen molar-refractivity contribution in [1.82, 2.24) is 4.98 Å². The van der Waals surface area contributed by atoms with Gasteiger partial charge in [-0.25, -0.2) is 13.8 Å². The lowest BCUT2D eigenvalue weighted by molar-refractivity contribution is 0.0984. The number of alkyl halides is 2. The van der Waals surface area contributed by atoms with E-state index in [4.69, 9.17) is 5.73 Å². The first-order valence-corrected chi connectivity index (χ1v) is 4.05. The molecule has 3 nitrogen and oxygen atoms in total.